The smallest absolute Gasteiger partial charge is 0.345 e. The van der Waals surface area contributed by atoms with Gasteiger partial charge in [-0.05, 0) is 12.3 Å². The summed E-state index contributed by atoms with van der Waals surface area (Å²) in [7, 11) is 1.36. The predicted molar refractivity (Wildman–Crippen MR) is 63.0 cm³/mol. The highest BCUT2D eigenvalue weighted by molar-refractivity contribution is 5.85. The van der Waals surface area contributed by atoms with E-state index in [1.54, 1.807) is 0 Å². The summed E-state index contributed by atoms with van der Waals surface area (Å²) in [5.41, 5.74) is 5.73. The Bertz CT molecular complexity index is 234. The van der Waals surface area contributed by atoms with Crippen LogP contribution in [0.3, 0.4) is 0 Å². The Morgan fingerprint density at radius 3 is 2.18 bits per heavy atom. The van der Waals surface area contributed by atoms with Crippen LogP contribution >= 0.6 is 12.4 Å². The zero-order valence-corrected chi connectivity index (χ0v) is 11.1. The molecule has 0 aliphatic carbocycles. The van der Waals surface area contributed by atoms with Gasteiger partial charge in [0, 0.05) is 19.6 Å². The van der Waals surface area contributed by atoms with E-state index in [9.17, 15) is 18.0 Å². The molecule has 2 N–H and O–H groups in total. The van der Waals surface area contributed by atoms with Crippen molar-refractivity contribution in [3.05, 3.63) is 0 Å². The van der Waals surface area contributed by atoms with Crippen LogP contribution < -0.4 is 5.73 Å². The summed E-state index contributed by atoms with van der Waals surface area (Å²) in [6, 6.07) is -0.0962. The van der Waals surface area contributed by atoms with Crippen LogP contribution in [0.15, 0.2) is 0 Å². The summed E-state index contributed by atoms with van der Waals surface area (Å²) in [4.78, 5) is 12.2. The molecule has 0 spiro atoms. The molecule has 7 heteroatoms. The molecule has 0 aromatic rings. The lowest BCUT2D eigenvalue weighted by Gasteiger charge is -2.22. The molecule has 1 atom stereocenters. The maximum Gasteiger partial charge on any atom is 0.397 e. The highest BCUT2D eigenvalue weighted by Crippen LogP contribution is 2.20. The Morgan fingerprint density at radius 1 is 1.35 bits per heavy atom. The van der Waals surface area contributed by atoms with Gasteiger partial charge in [0.15, 0.2) is 0 Å². The third kappa shape index (κ3) is 9.23. The van der Waals surface area contributed by atoms with Crippen molar-refractivity contribution >= 4 is 18.3 Å². The van der Waals surface area contributed by atoms with E-state index in [1.807, 2.05) is 13.8 Å². The first-order valence-corrected chi connectivity index (χ1v) is 5.19. The highest BCUT2D eigenvalue weighted by Gasteiger charge is 2.32. The molecule has 0 aromatic carbocycles. The van der Waals surface area contributed by atoms with Crippen molar-refractivity contribution in [3.63, 3.8) is 0 Å². The molecule has 104 valence electrons. The maximum absolute atomic E-state index is 11.9. The Labute approximate surface area is 106 Å². The van der Waals surface area contributed by atoms with Crippen molar-refractivity contribution in [2.45, 2.75) is 38.9 Å². The van der Waals surface area contributed by atoms with Gasteiger partial charge in [0.25, 0.3) is 0 Å². The van der Waals surface area contributed by atoms with Crippen molar-refractivity contribution < 1.29 is 18.0 Å². The Morgan fingerprint density at radius 2 is 1.82 bits per heavy atom. The second-order valence-corrected chi connectivity index (χ2v) is 4.30. The highest BCUT2D eigenvalue weighted by atomic mass is 35.5. The van der Waals surface area contributed by atoms with Crippen LogP contribution in [-0.2, 0) is 4.79 Å². The van der Waals surface area contributed by atoms with Crippen LogP contribution in [-0.4, -0.2) is 36.6 Å². The lowest BCUT2D eigenvalue weighted by molar-refractivity contribution is -0.160. The van der Waals surface area contributed by atoms with Crippen molar-refractivity contribution in [1.82, 2.24) is 4.90 Å². The monoisotopic (exact) mass is 276 g/mol. The molecule has 0 rings (SSSR count). The number of halogens is 4. The predicted octanol–water partition coefficient (Wildman–Crippen LogP) is 2.19. The second-order valence-electron chi connectivity index (χ2n) is 4.30. The number of hydrogen-bond acceptors (Lipinski definition) is 2. The standard InChI is InChI=1S/C10H19F3N2O.ClH/c1-7(2)8(14)4-5-15(3)9(16)6-10(11,12)13;/h7-8H,4-6,14H2,1-3H3;1H. The molecule has 1 unspecified atom stereocenters. The SMILES string of the molecule is CC(C)C(N)CCN(C)C(=O)CC(F)(F)F.Cl. The number of nitrogens with zero attached hydrogens (tertiary/aromatic N) is 1. The van der Waals surface area contributed by atoms with Crippen molar-refractivity contribution in [1.29, 1.82) is 0 Å². The van der Waals surface area contributed by atoms with Crippen molar-refractivity contribution in [3.8, 4) is 0 Å². The molecule has 0 aliphatic rings. The fourth-order valence-electron chi connectivity index (χ4n) is 1.11. The largest absolute Gasteiger partial charge is 0.397 e. The summed E-state index contributed by atoms with van der Waals surface area (Å²) in [6.07, 6.45) is -5.33. The normalized spacial score (nSPS) is 13.2. The molecule has 0 saturated heterocycles. The summed E-state index contributed by atoms with van der Waals surface area (Å²) in [5, 5.41) is 0. The van der Waals surface area contributed by atoms with Crippen LogP contribution in [0.5, 0.6) is 0 Å². The van der Waals surface area contributed by atoms with E-state index in [1.165, 1.54) is 7.05 Å². The van der Waals surface area contributed by atoms with Crippen molar-refractivity contribution in [2.75, 3.05) is 13.6 Å². The minimum atomic E-state index is -4.44. The van der Waals surface area contributed by atoms with Gasteiger partial charge < -0.3 is 10.6 Å². The summed E-state index contributed by atoms with van der Waals surface area (Å²) >= 11 is 0. The first-order chi connectivity index (χ1) is 7.13. The van der Waals surface area contributed by atoms with Gasteiger partial charge >= 0.3 is 6.18 Å². The van der Waals surface area contributed by atoms with Gasteiger partial charge in [-0.25, -0.2) is 0 Å². The molecule has 0 aliphatic heterocycles. The first kappa shape index (κ1) is 18.9. The van der Waals surface area contributed by atoms with Crippen LogP contribution in [0.25, 0.3) is 0 Å². The topological polar surface area (TPSA) is 46.3 Å². The van der Waals surface area contributed by atoms with Crippen molar-refractivity contribution in [2.24, 2.45) is 11.7 Å². The fraction of sp³-hybridized carbons (Fsp3) is 0.900. The molecular weight excluding hydrogens is 257 g/mol. The lowest BCUT2D eigenvalue weighted by Crippen LogP contribution is -2.36. The molecule has 17 heavy (non-hydrogen) atoms. The van der Waals surface area contributed by atoms with Gasteiger partial charge in [-0.2, -0.15) is 13.2 Å². The second kappa shape index (κ2) is 7.76. The first-order valence-electron chi connectivity index (χ1n) is 5.19. The fourth-order valence-corrected chi connectivity index (χ4v) is 1.11. The molecule has 0 heterocycles. The average molecular weight is 277 g/mol. The Balaban J connectivity index is 0. The number of nitrogens with two attached hydrogens (primary N) is 1. The average Bonchev–Trinajstić information content (AvgIpc) is 2.10. The van der Waals surface area contributed by atoms with E-state index in [4.69, 9.17) is 5.73 Å². The van der Waals surface area contributed by atoms with E-state index >= 15 is 0 Å². The van der Waals surface area contributed by atoms with E-state index in [0.29, 0.717) is 6.42 Å². The number of carbonyl (C=O) groups excluding carboxylic acids is 1. The zero-order valence-electron chi connectivity index (χ0n) is 10.3. The molecule has 3 nitrogen and oxygen atoms in total. The number of carbonyl (C=O) groups is 1. The van der Waals surface area contributed by atoms with Crippen LogP contribution in [0, 0.1) is 5.92 Å². The molecule has 0 radical (unpaired) electrons. The molecular formula is C10H20ClF3N2O. The maximum atomic E-state index is 11.9. The van der Waals surface area contributed by atoms with Crippen LogP contribution in [0.1, 0.15) is 26.7 Å². The number of alkyl halides is 3. The minimum absolute atomic E-state index is 0. The quantitative estimate of drug-likeness (QED) is 0.837. The summed E-state index contributed by atoms with van der Waals surface area (Å²) in [6.45, 7) is 4.12. The van der Waals surface area contributed by atoms with Gasteiger partial charge in [-0.15, -0.1) is 12.4 Å². The number of hydrogen-bond donors (Lipinski definition) is 1. The summed E-state index contributed by atoms with van der Waals surface area (Å²) in [5.74, 6) is -0.658. The molecule has 0 aromatic heterocycles. The molecule has 0 fully saturated rings. The van der Waals surface area contributed by atoms with Crippen LogP contribution in [0.2, 0.25) is 0 Å². The van der Waals surface area contributed by atoms with Gasteiger partial charge in [-0.1, -0.05) is 13.8 Å². The minimum Gasteiger partial charge on any atom is -0.345 e. The number of amides is 1. The molecule has 1 amide bonds. The Kier molecular flexibility index (Phi) is 8.61. The van der Waals surface area contributed by atoms with Gasteiger partial charge in [0.1, 0.15) is 6.42 Å². The van der Waals surface area contributed by atoms with Crippen LogP contribution in [0.4, 0.5) is 13.2 Å². The third-order valence-corrected chi connectivity index (χ3v) is 2.43. The van der Waals surface area contributed by atoms with E-state index in [2.05, 4.69) is 0 Å². The lowest BCUT2D eigenvalue weighted by atomic mass is 10.0. The van der Waals surface area contributed by atoms with E-state index in [0.717, 1.165) is 4.90 Å². The number of rotatable bonds is 5. The molecule has 0 bridgehead atoms. The zero-order chi connectivity index (χ0) is 12.9. The van der Waals surface area contributed by atoms with Gasteiger partial charge in [0.05, 0.1) is 0 Å². The molecule has 0 saturated carbocycles. The Hall–Kier alpha value is -0.490. The van der Waals surface area contributed by atoms with E-state index < -0.39 is 18.5 Å². The third-order valence-electron chi connectivity index (χ3n) is 2.43. The van der Waals surface area contributed by atoms with Gasteiger partial charge in [0.2, 0.25) is 5.91 Å². The van der Waals surface area contributed by atoms with E-state index in [-0.39, 0.29) is 30.9 Å². The summed E-state index contributed by atoms with van der Waals surface area (Å²) < 4.78 is 35.8. The van der Waals surface area contributed by atoms with Gasteiger partial charge in [-0.3, -0.25) is 4.79 Å².